The van der Waals surface area contributed by atoms with E-state index in [1.807, 2.05) is 30.3 Å². The summed E-state index contributed by atoms with van der Waals surface area (Å²) < 4.78 is 10.5. The van der Waals surface area contributed by atoms with Crippen molar-refractivity contribution < 1.29 is 19.4 Å². The second kappa shape index (κ2) is 8.57. The topological polar surface area (TPSA) is 60.5 Å². The molecule has 0 radical (unpaired) electrons. The standard InChI is InChI=1S/C21H23ClN2O3/c1-24(2)19(17-6-4-5-7-18(17)22)13-23-12-14-10-21(25)27-20-11-15(26-3)8-9-16(14)20/h4-11,19,23H,12-13H2,1-3H3/p+2/t19-/m1/s1. The van der Waals surface area contributed by atoms with Crippen LogP contribution in [0, 0.1) is 0 Å². The predicted octanol–water partition coefficient (Wildman–Crippen LogP) is 1.40. The van der Waals surface area contributed by atoms with Crippen molar-refractivity contribution >= 4 is 22.6 Å². The van der Waals surface area contributed by atoms with Gasteiger partial charge in [0.15, 0.2) is 6.04 Å². The number of halogens is 1. The quantitative estimate of drug-likeness (QED) is 0.601. The summed E-state index contributed by atoms with van der Waals surface area (Å²) in [5.74, 6) is 0.668. The molecule has 3 aromatic rings. The van der Waals surface area contributed by atoms with Gasteiger partial charge in [-0.2, -0.15) is 0 Å². The van der Waals surface area contributed by atoms with Gasteiger partial charge in [0.1, 0.15) is 24.4 Å². The predicted molar refractivity (Wildman–Crippen MR) is 107 cm³/mol. The van der Waals surface area contributed by atoms with E-state index in [0.717, 1.165) is 28.1 Å². The molecule has 0 aliphatic heterocycles. The summed E-state index contributed by atoms with van der Waals surface area (Å²) in [5.41, 5.74) is 2.29. The van der Waals surface area contributed by atoms with E-state index in [1.54, 1.807) is 19.2 Å². The summed E-state index contributed by atoms with van der Waals surface area (Å²) in [6.45, 7) is 1.53. The van der Waals surface area contributed by atoms with Crippen LogP contribution in [0.4, 0.5) is 0 Å². The fourth-order valence-electron chi connectivity index (χ4n) is 3.34. The Kier molecular flexibility index (Phi) is 6.16. The fraction of sp³-hybridized carbons (Fsp3) is 0.286. The van der Waals surface area contributed by atoms with E-state index in [1.165, 1.54) is 4.90 Å². The molecule has 0 bridgehead atoms. The Morgan fingerprint density at radius 1 is 1.19 bits per heavy atom. The molecule has 0 amide bonds. The molecular weight excluding hydrogens is 364 g/mol. The number of likely N-dealkylation sites (N-methyl/N-ethyl adjacent to an activating group) is 1. The van der Waals surface area contributed by atoms with Crippen molar-refractivity contribution in [2.75, 3.05) is 27.7 Å². The fourth-order valence-corrected chi connectivity index (χ4v) is 3.61. The lowest BCUT2D eigenvalue weighted by molar-refractivity contribution is -0.910. The SMILES string of the molecule is COc1ccc2c(C[NH2+]C[C@H](c3ccccc3Cl)[NH+](C)C)cc(=O)oc2c1. The number of quaternary nitrogens is 2. The summed E-state index contributed by atoms with van der Waals surface area (Å²) in [7, 11) is 5.84. The third-order valence-corrected chi connectivity index (χ3v) is 5.13. The van der Waals surface area contributed by atoms with Gasteiger partial charge in [0.2, 0.25) is 0 Å². The van der Waals surface area contributed by atoms with Gasteiger partial charge in [-0.05, 0) is 18.2 Å². The van der Waals surface area contributed by atoms with Crippen LogP contribution in [0.2, 0.25) is 5.02 Å². The average Bonchev–Trinajstić information content (AvgIpc) is 2.65. The lowest BCUT2D eigenvalue weighted by Gasteiger charge is -2.21. The van der Waals surface area contributed by atoms with Gasteiger partial charge in [-0.3, -0.25) is 0 Å². The molecule has 142 valence electrons. The highest BCUT2D eigenvalue weighted by Gasteiger charge is 2.22. The monoisotopic (exact) mass is 388 g/mol. The minimum absolute atomic E-state index is 0.255. The zero-order valence-electron chi connectivity index (χ0n) is 15.8. The second-order valence-corrected chi connectivity index (χ2v) is 7.24. The highest BCUT2D eigenvalue weighted by molar-refractivity contribution is 6.31. The van der Waals surface area contributed by atoms with E-state index in [4.69, 9.17) is 20.8 Å². The first-order valence-corrected chi connectivity index (χ1v) is 9.34. The molecule has 0 saturated carbocycles. The maximum atomic E-state index is 11.9. The molecule has 0 aliphatic rings. The van der Waals surface area contributed by atoms with Gasteiger partial charge < -0.3 is 19.4 Å². The first-order chi connectivity index (χ1) is 13.0. The van der Waals surface area contributed by atoms with Crippen molar-refractivity contribution in [2.45, 2.75) is 12.6 Å². The van der Waals surface area contributed by atoms with Crippen molar-refractivity contribution in [2.24, 2.45) is 0 Å². The second-order valence-electron chi connectivity index (χ2n) is 6.83. The Labute approximate surface area is 163 Å². The molecular formula is C21H25ClN2O3+2. The van der Waals surface area contributed by atoms with E-state index in [9.17, 15) is 4.79 Å². The Bertz CT molecular complexity index is 985. The van der Waals surface area contributed by atoms with Crippen molar-refractivity contribution in [3.63, 3.8) is 0 Å². The maximum Gasteiger partial charge on any atom is 0.336 e. The van der Waals surface area contributed by atoms with E-state index >= 15 is 0 Å². The van der Waals surface area contributed by atoms with Gasteiger partial charge in [-0.15, -0.1) is 0 Å². The smallest absolute Gasteiger partial charge is 0.336 e. The number of fused-ring (bicyclic) bond motifs is 1. The van der Waals surface area contributed by atoms with Gasteiger partial charge in [-0.25, -0.2) is 4.79 Å². The average molecular weight is 389 g/mol. The van der Waals surface area contributed by atoms with Crippen molar-refractivity contribution in [1.82, 2.24) is 0 Å². The minimum atomic E-state index is -0.347. The molecule has 0 aliphatic carbocycles. The Morgan fingerprint density at radius 2 is 1.96 bits per heavy atom. The molecule has 3 N–H and O–H groups in total. The number of hydrogen-bond acceptors (Lipinski definition) is 3. The molecule has 5 nitrogen and oxygen atoms in total. The summed E-state index contributed by atoms with van der Waals surface area (Å²) in [4.78, 5) is 13.2. The van der Waals surface area contributed by atoms with Crippen LogP contribution in [0.5, 0.6) is 5.75 Å². The molecule has 1 heterocycles. The Balaban J connectivity index is 1.80. The zero-order chi connectivity index (χ0) is 19.4. The zero-order valence-corrected chi connectivity index (χ0v) is 16.5. The van der Waals surface area contributed by atoms with E-state index < -0.39 is 0 Å². The number of methoxy groups -OCH3 is 1. The number of nitrogens with one attached hydrogen (secondary N) is 1. The van der Waals surface area contributed by atoms with E-state index in [0.29, 0.717) is 17.9 Å². The van der Waals surface area contributed by atoms with Crippen molar-refractivity contribution in [3.8, 4) is 5.75 Å². The van der Waals surface area contributed by atoms with Crippen LogP contribution < -0.4 is 20.6 Å². The molecule has 3 rings (SSSR count). The number of nitrogens with two attached hydrogens (primary N) is 1. The molecule has 27 heavy (non-hydrogen) atoms. The lowest BCUT2D eigenvalue weighted by Crippen LogP contribution is -3.09. The van der Waals surface area contributed by atoms with Gasteiger partial charge in [0.05, 0.1) is 21.2 Å². The summed E-state index contributed by atoms with van der Waals surface area (Å²) in [5, 5.41) is 3.92. The summed E-state index contributed by atoms with van der Waals surface area (Å²) >= 11 is 6.39. The molecule has 0 fully saturated rings. The first-order valence-electron chi connectivity index (χ1n) is 8.96. The van der Waals surface area contributed by atoms with Crippen LogP contribution in [0.15, 0.2) is 57.7 Å². The highest BCUT2D eigenvalue weighted by Crippen LogP contribution is 2.22. The Hall–Kier alpha value is -2.34. The lowest BCUT2D eigenvalue weighted by atomic mass is 10.1. The molecule has 1 atom stereocenters. The van der Waals surface area contributed by atoms with Crippen LogP contribution >= 0.6 is 11.6 Å². The van der Waals surface area contributed by atoms with Gasteiger partial charge in [0, 0.05) is 33.7 Å². The van der Waals surface area contributed by atoms with Gasteiger partial charge in [0.25, 0.3) is 0 Å². The van der Waals surface area contributed by atoms with E-state index in [2.05, 4.69) is 25.5 Å². The van der Waals surface area contributed by atoms with Crippen molar-refractivity contribution in [1.29, 1.82) is 0 Å². The molecule has 0 saturated heterocycles. The molecule has 1 aromatic heterocycles. The van der Waals surface area contributed by atoms with Crippen LogP contribution in [0.3, 0.4) is 0 Å². The molecule has 2 aromatic carbocycles. The summed E-state index contributed by atoms with van der Waals surface area (Å²) in [6, 6.07) is 15.3. The number of benzene rings is 2. The number of rotatable bonds is 7. The van der Waals surface area contributed by atoms with Gasteiger partial charge >= 0.3 is 5.63 Å². The van der Waals surface area contributed by atoms with Crippen LogP contribution in [-0.4, -0.2) is 27.7 Å². The minimum Gasteiger partial charge on any atom is -0.497 e. The molecule has 0 spiro atoms. The third kappa shape index (κ3) is 4.50. The summed E-state index contributed by atoms with van der Waals surface area (Å²) in [6.07, 6.45) is 0. The third-order valence-electron chi connectivity index (χ3n) is 4.78. The normalized spacial score (nSPS) is 12.5. The number of ether oxygens (including phenoxy) is 1. The maximum absolute atomic E-state index is 11.9. The first kappa shape index (κ1) is 19.4. The number of hydrogen-bond donors (Lipinski definition) is 2. The van der Waals surface area contributed by atoms with Crippen LogP contribution in [0.1, 0.15) is 17.2 Å². The van der Waals surface area contributed by atoms with Crippen LogP contribution in [0.25, 0.3) is 11.0 Å². The van der Waals surface area contributed by atoms with Gasteiger partial charge in [-0.1, -0.05) is 29.8 Å². The Morgan fingerprint density at radius 3 is 2.67 bits per heavy atom. The molecule has 6 heteroatoms. The van der Waals surface area contributed by atoms with Crippen LogP contribution in [-0.2, 0) is 6.54 Å². The highest BCUT2D eigenvalue weighted by atomic mass is 35.5. The molecule has 0 unspecified atom stereocenters. The van der Waals surface area contributed by atoms with E-state index in [-0.39, 0.29) is 11.7 Å². The largest absolute Gasteiger partial charge is 0.497 e. The van der Waals surface area contributed by atoms with Crippen molar-refractivity contribution in [3.05, 3.63) is 75.1 Å².